The van der Waals surface area contributed by atoms with Gasteiger partial charge in [-0.25, -0.2) is 0 Å². The molecule has 0 saturated carbocycles. The highest BCUT2D eigenvalue weighted by molar-refractivity contribution is 7.78. The minimum atomic E-state index is -2.29. The molecule has 0 aliphatic carbocycles. The fourth-order valence-electron chi connectivity index (χ4n) is 0.628. The van der Waals surface area contributed by atoms with Gasteiger partial charge in [-0.05, 0) is 16.0 Å². The summed E-state index contributed by atoms with van der Waals surface area (Å²) in [7, 11) is 0. The Morgan fingerprint density at radius 2 is 2.42 bits per heavy atom. The average molecular weight is 190 g/mol. The van der Waals surface area contributed by atoms with Crippen molar-refractivity contribution in [1.29, 1.82) is 0 Å². The number of rotatable bonds is 3. The topological polar surface area (TPSA) is 101 Å². The molecule has 1 aromatic rings. The lowest BCUT2D eigenvalue weighted by Crippen LogP contribution is -2.04. The van der Waals surface area contributed by atoms with Crippen LogP contribution in [0.25, 0.3) is 0 Å². The first-order valence-corrected chi connectivity index (χ1v) is 4.07. The molecule has 0 saturated heterocycles. The lowest BCUT2D eigenvalue weighted by Gasteiger charge is -1.99. The molecule has 0 spiro atoms. The third-order valence-corrected chi connectivity index (χ3v) is 1.53. The maximum absolute atomic E-state index is 10.1. The Hall–Kier alpha value is -1.28. The predicted octanol–water partition coefficient (Wildman–Crippen LogP) is -0.372. The molecule has 0 aromatic carbocycles. The van der Waals surface area contributed by atoms with Gasteiger partial charge in [0.05, 0.1) is 17.4 Å². The van der Waals surface area contributed by atoms with Crippen LogP contribution in [0.1, 0.15) is 0 Å². The van der Waals surface area contributed by atoms with Crippen LogP contribution in [0, 0.1) is 10.1 Å². The Morgan fingerprint density at radius 3 is 2.83 bits per heavy atom. The van der Waals surface area contributed by atoms with E-state index in [2.05, 4.69) is 5.10 Å². The Kier molecular flexibility index (Phi) is 2.51. The molecule has 1 unspecified atom stereocenters. The van der Waals surface area contributed by atoms with E-state index in [4.69, 9.17) is 0 Å². The summed E-state index contributed by atoms with van der Waals surface area (Å²) >= 11 is -2.29. The summed E-state index contributed by atoms with van der Waals surface area (Å²) in [6, 6.07) is 1.13. The van der Waals surface area contributed by atoms with Crippen LogP contribution in [0.2, 0.25) is 0 Å². The van der Waals surface area contributed by atoms with E-state index in [0.29, 0.717) is 0 Å². The van der Waals surface area contributed by atoms with Crippen molar-refractivity contribution in [2.75, 3.05) is 0 Å². The predicted molar refractivity (Wildman–Crippen MR) is 37.8 cm³/mol. The second kappa shape index (κ2) is 3.41. The molecule has 0 aliphatic rings. The maximum Gasteiger partial charge on any atom is 0.389 e. The van der Waals surface area contributed by atoms with E-state index in [1.165, 1.54) is 6.20 Å². The molecule has 1 aromatic heterocycles. The molecule has 8 heteroatoms. The highest BCUT2D eigenvalue weighted by atomic mass is 32.2. The summed E-state index contributed by atoms with van der Waals surface area (Å²) in [5, 5.41) is 13.5. The molecular weight excluding hydrogens is 186 g/mol. The Labute approximate surface area is 69.4 Å². The smallest absolute Gasteiger partial charge is 0.389 e. The van der Waals surface area contributed by atoms with E-state index in [-0.39, 0.29) is 11.7 Å². The second-order valence-corrected chi connectivity index (χ2v) is 2.77. The number of nitro groups is 1. The molecule has 0 radical (unpaired) electrons. The highest BCUT2D eigenvalue weighted by Gasteiger charge is 2.09. The Bertz CT molecular complexity index is 322. The zero-order valence-corrected chi connectivity index (χ0v) is 6.56. The van der Waals surface area contributed by atoms with Gasteiger partial charge in [0, 0.05) is 0 Å². The van der Waals surface area contributed by atoms with Crippen LogP contribution in [0.4, 0.5) is 5.82 Å². The average Bonchev–Trinajstić information content (AvgIpc) is 2.34. The third-order valence-electron chi connectivity index (χ3n) is 1.05. The Balaban J connectivity index is 2.77. The number of nitrogens with zero attached hydrogens (tertiary/aromatic N) is 3. The second-order valence-electron chi connectivity index (χ2n) is 1.90. The van der Waals surface area contributed by atoms with Crippen molar-refractivity contribution in [3.8, 4) is 0 Å². The van der Waals surface area contributed by atoms with E-state index in [1.54, 1.807) is 0 Å². The molecule has 0 fully saturated rings. The van der Waals surface area contributed by atoms with Gasteiger partial charge in [-0.3, -0.25) is 4.21 Å². The van der Waals surface area contributed by atoms with Crippen molar-refractivity contribution in [3.05, 3.63) is 22.4 Å². The summed E-state index contributed by atoms with van der Waals surface area (Å²) in [6.45, 7) is 0. The van der Waals surface area contributed by atoms with Crippen LogP contribution < -0.4 is 0 Å². The molecule has 66 valence electrons. The quantitative estimate of drug-likeness (QED) is 0.367. The number of hydrogen-bond donors (Lipinski definition) is 0. The number of aromatic nitrogens is 2. The summed E-state index contributed by atoms with van der Waals surface area (Å²) in [5.74, 6) is -0.728. The van der Waals surface area contributed by atoms with Crippen LogP contribution in [0.3, 0.4) is 0 Å². The SMILES string of the molecule is O=[N+]([O-])c1ccn(CS(=O)[O-])n1. The minimum Gasteiger partial charge on any atom is -0.771 e. The van der Waals surface area contributed by atoms with Gasteiger partial charge in [0.25, 0.3) is 0 Å². The first kappa shape index (κ1) is 8.81. The molecule has 0 bridgehead atoms. The van der Waals surface area contributed by atoms with E-state index >= 15 is 0 Å². The van der Waals surface area contributed by atoms with Crippen LogP contribution in [0.15, 0.2) is 12.3 Å². The van der Waals surface area contributed by atoms with E-state index in [9.17, 15) is 18.9 Å². The van der Waals surface area contributed by atoms with Crippen molar-refractivity contribution in [3.63, 3.8) is 0 Å². The van der Waals surface area contributed by atoms with Crippen LogP contribution in [-0.2, 0) is 17.0 Å². The summed E-state index contributed by atoms with van der Waals surface area (Å²) in [5.41, 5.74) is 0. The summed E-state index contributed by atoms with van der Waals surface area (Å²) < 4.78 is 21.2. The van der Waals surface area contributed by atoms with Gasteiger partial charge in [0.1, 0.15) is 5.88 Å². The molecule has 7 nitrogen and oxygen atoms in total. The Morgan fingerprint density at radius 1 is 1.75 bits per heavy atom. The first-order chi connectivity index (χ1) is 5.59. The summed E-state index contributed by atoms with van der Waals surface area (Å²) in [4.78, 5) is 9.39. The monoisotopic (exact) mass is 190 g/mol. The van der Waals surface area contributed by atoms with Crippen molar-refractivity contribution in [2.24, 2.45) is 0 Å². The van der Waals surface area contributed by atoms with Gasteiger partial charge in [-0.15, -0.1) is 0 Å². The van der Waals surface area contributed by atoms with Crippen molar-refractivity contribution >= 4 is 16.9 Å². The molecule has 1 rings (SSSR count). The molecule has 0 amide bonds. The van der Waals surface area contributed by atoms with Crippen LogP contribution in [-0.4, -0.2) is 23.5 Å². The van der Waals surface area contributed by atoms with Gasteiger partial charge < -0.3 is 14.7 Å². The van der Waals surface area contributed by atoms with Crippen LogP contribution >= 0.6 is 0 Å². The van der Waals surface area contributed by atoms with Gasteiger partial charge in [0.15, 0.2) is 0 Å². The van der Waals surface area contributed by atoms with Crippen molar-refractivity contribution in [2.45, 2.75) is 5.88 Å². The molecule has 0 aliphatic heterocycles. The fraction of sp³-hybridized carbons (Fsp3) is 0.250. The zero-order valence-electron chi connectivity index (χ0n) is 5.74. The maximum atomic E-state index is 10.1. The van der Waals surface area contributed by atoms with E-state index in [1.807, 2.05) is 0 Å². The van der Waals surface area contributed by atoms with Gasteiger partial charge in [-0.2, -0.15) is 4.68 Å². The molecule has 1 atom stereocenters. The van der Waals surface area contributed by atoms with E-state index in [0.717, 1.165) is 10.7 Å². The van der Waals surface area contributed by atoms with Gasteiger partial charge >= 0.3 is 5.82 Å². The molecule has 0 N–H and O–H groups in total. The zero-order chi connectivity index (χ0) is 9.14. The minimum absolute atomic E-state index is 0.361. The summed E-state index contributed by atoms with van der Waals surface area (Å²) in [6.07, 6.45) is 1.23. The molecule has 12 heavy (non-hydrogen) atoms. The van der Waals surface area contributed by atoms with Gasteiger partial charge in [-0.1, -0.05) is 0 Å². The van der Waals surface area contributed by atoms with Crippen molar-refractivity contribution in [1.82, 2.24) is 9.78 Å². The van der Waals surface area contributed by atoms with Crippen LogP contribution in [0.5, 0.6) is 0 Å². The highest BCUT2D eigenvalue weighted by Crippen LogP contribution is 2.04. The van der Waals surface area contributed by atoms with Crippen molar-refractivity contribution < 1.29 is 13.7 Å². The number of hydrogen-bond acceptors (Lipinski definition) is 5. The van der Waals surface area contributed by atoms with E-state index < -0.39 is 16.0 Å². The normalized spacial score (nSPS) is 12.8. The largest absolute Gasteiger partial charge is 0.771 e. The third kappa shape index (κ3) is 2.10. The lowest BCUT2D eigenvalue weighted by molar-refractivity contribution is -0.389. The lowest BCUT2D eigenvalue weighted by atomic mass is 10.7. The fourth-order valence-corrected chi connectivity index (χ4v) is 0.988. The first-order valence-electron chi connectivity index (χ1n) is 2.83. The van der Waals surface area contributed by atoms with Gasteiger partial charge in [0.2, 0.25) is 0 Å². The standard InChI is InChI=1S/C4H5N3O4S/c8-7(9)4-1-2-6(5-4)3-12(10)11/h1-2H,3H2,(H,10,11)/p-1. The molecular formula is C4H4N3O4S-. The molecule has 1 heterocycles.